The Kier molecular flexibility index (Phi) is 1.56. The van der Waals surface area contributed by atoms with Gasteiger partial charge in [0.1, 0.15) is 5.75 Å². The monoisotopic (exact) mass is 197 g/mol. The van der Waals surface area contributed by atoms with Gasteiger partial charge in [-0.05, 0) is 18.2 Å². The van der Waals surface area contributed by atoms with Crippen molar-refractivity contribution in [2.24, 2.45) is 0 Å². The molecule has 0 fully saturated rings. The molecule has 0 radical (unpaired) electrons. The van der Waals surface area contributed by atoms with Crippen molar-refractivity contribution in [3.8, 4) is 5.75 Å². The predicted molar refractivity (Wildman–Crippen MR) is 56.5 cm³/mol. The van der Waals surface area contributed by atoms with E-state index in [4.69, 9.17) is 0 Å². The molecule has 72 valence electrons. The van der Waals surface area contributed by atoms with Gasteiger partial charge in [0, 0.05) is 17.8 Å². The van der Waals surface area contributed by atoms with Crippen LogP contribution in [-0.2, 0) is 0 Å². The molecule has 0 spiro atoms. The maximum Gasteiger partial charge on any atom is 0.134 e. The zero-order valence-corrected chi connectivity index (χ0v) is 7.75. The summed E-state index contributed by atoms with van der Waals surface area (Å²) in [4.78, 5) is 12.5. The van der Waals surface area contributed by atoms with E-state index in [1.165, 1.54) is 6.20 Å². The first-order valence-electron chi connectivity index (χ1n) is 4.53. The smallest absolute Gasteiger partial charge is 0.134 e. The van der Waals surface area contributed by atoms with E-state index in [0.717, 1.165) is 21.9 Å². The van der Waals surface area contributed by atoms with Gasteiger partial charge < -0.3 is 5.11 Å². The van der Waals surface area contributed by atoms with E-state index < -0.39 is 0 Å². The van der Waals surface area contributed by atoms with E-state index in [9.17, 15) is 5.11 Å². The lowest BCUT2D eigenvalue weighted by Gasteiger charge is -2.01. The Morgan fingerprint density at radius 3 is 2.67 bits per heavy atom. The van der Waals surface area contributed by atoms with Gasteiger partial charge in [-0.1, -0.05) is 0 Å². The second-order valence-electron chi connectivity index (χ2n) is 3.25. The molecule has 4 nitrogen and oxygen atoms in total. The van der Waals surface area contributed by atoms with Crippen molar-refractivity contribution in [1.82, 2.24) is 15.0 Å². The summed E-state index contributed by atoms with van der Waals surface area (Å²) in [7, 11) is 0. The van der Waals surface area contributed by atoms with Gasteiger partial charge in [0.2, 0.25) is 0 Å². The summed E-state index contributed by atoms with van der Waals surface area (Å²) < 4.78 is 0. The molecule has 4 heteroatoms. The summed E-state index contributed by atoms with van der Waals surface area (Å²) in [5, 5.41) is 10.2. The maximum atomic E-state index is 9.38. The van der Waals surface area contributed by atoms with Crippen LogP contribution in [0.1, 0.15) is 0 Å². The van der Waals surface area contributed by atoms with E-state index in [0.29, 0.717) is 0 Å². The van der Waals surface area contributed by atoms with Crippen LogP contribution >= 0.6 is 0 Å². The van der Waals surface area contributed by atoms with Crippen LogP contribution in [0.15, 0.2) is 36.8 Å². The van der Waals surface area contributed by atoms with Gasteiger partial charge in [-0.2, -0.15) is 0 Å². The van der Waals surface area contributed by atoms with Crippen LogP contribution in [0.5, 0.6) is 5.75 Å². The van der Waals surface area contributed by atoms with Crippen LogP contribution in [-0.4, -0.2) is 20.1 Å². The minimum absolute atomic E-state index is 0.139. The lowest BCUT2D eigenvalue weighted by molar-refractivity contribution is 0.474. The van der Waals surface area contributed by atoms with E-state index >= 15 is 0 Å². The molecule has 3 rings (SSSR count). The predicted octanol–water partition coefficient (Wildman–Crippen LogP) is 1.88. The van der Waals surface area contributed by atoms with E-state index in [1.54, 1.807) is 18.5 Å². The van der Waals surface area contributed by atoms with Gasteiger partial charge >= 0.3 is 0 Å². The molecule has 0 aliphatic carbocycles. The topological polar surface area (TPSA) is 58.9 Å². The highest BCUT2D eigenvalue weighted by Gasteiger charge is 2.03. The first kappa shape index (κ1) is 8.11. The van der Waals surface area contributed by atoms with E-state index in [-0.39, 0.29) is 5.75 Å². The van der Waals surface area contributed by atoms with Crippen molar-refractivity contribution in [2.75, 3.05) is 0 Å². The molecule has 2 aromatic heterocycles. The van der Waals surface area contributed by atoms with Crippen LogP contribution in [0.3, 0.4) is 0 Å². The Morgan fingerprint density at radius 1 is 0.933 bits per heavy atom. The van der Waals surface area contributed by atoms with Crippen molar-refractivity contribution in [2.45, 2.75) is 0 Å². The van der Waals surface area contributed by atoms with Crippen molar-refractivity contribution in [3.05, 3.63) is 36.8 Å². The quantitative estimate of drug-likeness (QED) is 0.559. The largest absolute Gasteiger partial charge is 0.506 e. The van der Waals surface area contributed by atoms with Gasteiger partial charge in [0.05, 0.1) is 22.7 Å². The molecule has 0 unspecified atom stereocenters. The summed E-state index contributed by atoms with van der Waals surface area (Å²) in [5.74, 6) is 0.139. The molecular weight excluding hydrogens is 190 g/mol. The number of pyridine rings is 1. The van der Waals surface area contributed by atoms with Crippen LogP contribution in [0.2, 0.25) is 0 Å². The molecule has 0 bridgehead atoms. The molecule has 1 aromatic carbocycles. The molecule has 3 aromatic rings. The number of rotatable bonds is 0. The van der Waals surface area contributed by atoms with Crippen LogP contribution < -0.4 is 0 Å². The minimum Gasteiger partial charge on any atom is -0.506 e. The van der Waals surface area contributed by atoms with E-state index in [1.807, 2.05) is 12.1 Å². The van der Waals surface area contributed by atoms with E-state index in [2.05, 4.69) is 15.0 Å². The lowest BCUT2D eigenvalue weighted by Crippen LogP contribution is -1.85. The average molecular weight is 197 g/mol. The number of aromatic hydroxyl groups is 1. The first-order valence-corrected chi connectivity index (χ1v) is 4.53. The molecule has 15 heavy (non-hydrogen) atoms. The summed E-state index contributed by atoms with van der Waals surface area (Å²) in [6, 6.07) is 5.39. The number of nitrogens with zero attached hydrogens (tertiary/aromatic N) is 3. The zero-order chi connectivity index (χ0) is 10.3. The zero-order valence-electron chi connectivity index (χ0n) is 7.75. The summed E-state index contributed by atoms with van der Waals surface area (Å²) in [5.41, 5.74) is 2.37. The fraction of sp³-hybridized carbons (Fsp3) is 0. The maximum absolute atomic E-state index is 9.38. The third kappa shape index (κ3) is 1.19. The Labute approximate surface area is 85.2 Å². The molecular formula is C11H7N3O. The first-order chi connectivity index (χ1) is 7.34. The van der Waals surface area contributed by atoms with Crippen molar-refractivity contribution >= 4 is 21.9 Å². The molecule has 1 N–H and O–H groups in total. The Hall–Kier alpha value is -2.23. The van der Waals surface area contributed by atoms with Gasteiger partial charge in [-0.25, -0.2) is 0 Å². The van der Waals surface area contributed by atoms with Crippen molar-refractivity contribution in [3.63, 3.8) is 0 Å². The molecule has 2 heterocycles. The fourth-order valence-electron chi connectivity index (χ4n) is 1.62. The highest BCUT2D eigenvalue weighted by molar-refractivity contribution is 6.02. The molecule has 0 saturated carbocycles. The Balaban J connectivity index is 2.57. The van der Waals surface area contributed by atoms with Gasteiger partial charge in [0.15, 0.2) is 0 Å². The van der Waals surface area contributed by atoms with Crippen LogP contribution in [0.4, 0.5) is 0 Å². The third-order valence-electron chi connectivity index (χ3n) is 2.28. The average Bonchev–Trinajstić information content (AvgIpc) is 2.29. The molecule has 0 aliphatic heterocycles. The molecule has 0 aliphatic rings. The SMILES string of the molecule is Oc1cnc2ccc3nccnc3c2c1. The lowest BCUT2D eigenvalue weighted by atomic mass is 10.2. The Bertz CT molecular complexity index is 651. The molecule has 0 atom stereocenters. The van der Waals surface area contributed by atoms with Crippen LogP contribution in [0.25, 0.3) is 21.9 Å². The minimum atomic E-state index is 0.139. The number of aromatic nitrogens is 3. The van der Waals surface area contributed by atoms with Crippen LogP contribution in [0, 0.1) is 0 Å². The van der Waals surface area contributed by atoms with Crippen molar-refractivity contribution in [1.29, 1.82) is 0 Å². The second kappa shape index (κ2) is 2.88. The third-order valence-corrected chi connectivity index (χ3v) is 2.28. The standard InChI is InChI=1S/C11H7N3O/c15-7-5-8-9(14-6-7)1-2-10-11(8)13-4-3-12-10/h1-6,15H. The fourth-order valence-corrected chi connectivity index (χ4v) is 1.62. The molecule has 0 saturated heterocycles. The van der Waals surface area contributed by atoms with Gasteiger partial charge in [-0.3, -0.25) is 15.0 Å². The molecule has 0 amide bonds. The number of fused-ring (bicyclic) bond motifs is 3. The normalized spacial score (nSPS) is 10.9. The number of hydrogen-bond donors (Lipinski definition) is 1. The highest BCUT2D eigenvalue weighted by atomic mass is 16.3. The number of hydrogen-bond acceptors (Lipinski definition) is 4. The highest BCUT2D eigenvalue weighted by Crippen LogP contribution is 2.23. The van der Waals surface area contributed by atoms with Crippen molar-refractivity contribution < 1.29 is 5.11 Å². The van der Waals surface area contributed by atoms with Gasteiger partial charge in [0.25, 0.3) is 0 Å². The summed E-state index contributed by atoms with van der Waals surface area (Å²) in [6.45, 7) is 0. The Morgan fingerprint density at radius 2 is 1.73 bits per heavy atom. The summed E-state index contributed by atoms with van der Waals surface area (Å²) in [6.07, 6.45) is 4.70. The summed E-state index contributed by atoms with van der Waals surface area (Å²) >= 11 is 0. The number of benzene rings is 1. The van der Waals surface area contributed by atoms with Gasteiger partial charge in [-0.15, -0.1) is 0 Å². The second-order valence-corrected chi connectivity index (χ2v) is 3.25.